The maximum atomic E-state index is 11.8. The molecule has 0 saturated carbocycles. The van der Waals surface area contributed by atoms with Crippen molar-refractivity contribution >= 4 is 11.8 Å². The highest BCUT2D eigenvalue weighted by atomic mass is 16.2. The summed E-state index contributed by atoms with van der Waals surface area (Å²) in [5.74, 6) is -0.804. The van der Waals surface area contributed by atoms with E-state index in [9.17, 15) is 9.59 Å². The molecule has 0 aromatic carbocycles. The number of hydrogen-bond acceptors (Lipinski definition) is 4. The number of hydrogen-bond donors (Lipinski definition) is 3. The number of nitrogens with zero attached hydrogens (tertiary/aromatic N) is 1. The summed E-state index contributed by atoms with van der Waals surface area (Å²) in [6, 6.07) is 3.33. The monoisotopic (exact) mass is 250 g/mol. The molecule has 2 amide bonds. The van der Waals surface area contributed by atoms with Crippen molar-refractivity contribution in [3.63, 3.8) is 0 Å². The summed E-state index contributed by atoms with van der Waals surface area (Å²) >= 11 is 0. The number of amides is 2. The van der Waals surface area contributed by atoms with Crippen LogP contribution < -0.4 is 16.8 Å². The van der Waals surface area contributed by atoms with Crippen LogP contribution in [0, 0.1) is 5.41 Å². The van der Waals surface area contributed by atoms with Crippen molar-refractivity contribution in [2.45, 2.75) is 20.4 Å². The Morgan fingerprint density at radius 3 is 2.50 bits per heavy atom. The molecule has 6 nitrogen and oxygen atoms in total. The fraction of sp³-hybridized carbons (Fsp3) is 0.417. The van der Waals surface area contributed by atoms with Gasteiger partial charge in [0.15, 0.2) is 0 Å². The molecule has 0 radical (unpaired) electrons. The van der Waals surface area contributed by atoms with Gasteiger partial charge in [0.05, 0.1) is 5.41 Å². The van der Waals surface area contributed by atoms with E-state index in [2.05, 4.69) is 10.3 Å². The van der Waals surface area contributed by atoms with Gasteiger partial charge in [0.1, 0.15) is 5.69 Å². The Hall–Kier alpha value is -1.95. The van der Waals surface area contributed by atoms with Gasteiger partial charge in [0, 0.05) is 19.3 Å². The van der Waals surface area contributed by atoms with Crippen molar-refractivity contribution < 1.29 is 9.59 Å². The summed E-state index contributed by atoms with van der Waals surface area (Å²) in [7, 11) is 0. The smallest absolute Gasteiger partial charge is 0.269 e. The van der Waals surface area contributed by atoms with E-state index < -0.39 is 11.3 Å². The lowest BCUT2D eigenvalue weighted by molar-refractivity contribution is -0.125. The molecule has 18 heavy (non-hydrogen) atoms. The molecule has 0 saturated heterocycles. The summed E-state index contributed by atoms with van der Waals surface area (Å²) in [5.41, 5.74) is 11.0. The molecule has 0 aliphatic carbocycles. The first-order valence-corrected chi connectivity index (χ1v) is 5.60. The third kappa shape index (κ3) is 3.53. The highest BCUT2D eigenvalue weighted by molar-refractivity contribution is 5.92. The first-order chi connectivity index (χ1) is 8.36. The average Bonchev–Trinajstić information content (AvgIpc) is 2.36. The molecule has 0 bridgehead atoms. The van der Waals surface area contributed by atoms with E-state index in [1.54, 1.807) is 32.2 Å². The maximum absolute atomic E-state index is 11.8. The van der Waals surface area contributed by atoms with E-state index in [1.807, 2.05) is 0 Å². The summed E-state index contributed by atoms with van der Waals surface area (Å²) in [6.07, 6.45) is 1.55. The van der Waals surface area contributed by atoms with Gasteiger partial charge in [0.2, 0.25) is 5.91 Å². The van der Waals surface area contributed by atoms with Crippen molar-refractivity contribution in [2.75, 3.05) is 6.54 Å². The van der Waals surface area contributed by atoms with E-state index in [1.165, 1.54) is 0 Å². The number of pyridine rings is 1. The lowest BCUT2D eigenvalue weighted by Crippen LogP contribution is -2.42. The van der Waals surface area contributed by atoms with Crippen LogP contribution in [0.15, 0.2) is 18.3 Å². The van der Waals surface area contributed by atoms with Crippen molar-refractivity contribution in [3.05, 3.63) is 29.6 Å². The van der Waals surface area contributed by atoms with Crippen molar-refractivity contribution in [2.24, 2.45) is 16.9 Å². The van der Waals surface area contributed by atoms with Crippen molar-refractivity contribution in [3.8, 4) is 0 Å². The quantitative estimate of drug-likeness (QED) is 0.670. The average molecular weight is 250 g/mol. The van der Waals surface area contributed by atoms with Gasteiger partial charge in [0.25, 0.3) is 5.91 Å². The molecule has 0 fully saturated rings. The standard InChI is InChI=1S/C12H18N4O2/c1-12(2,11(14)18)7-16-10(17)9-4-3-8(5-13)6-15-9/h3-4,6H,5,7,13H2,1-2H3,(H2,14,18)(H,16,17). The molecular formula is C12H18N4O2. The first kappa shape index (κ1) is 14.1. The summed E-state index contributed by atoms with van der Waals surface area (Å²) < 4.78 is 0. The van der Waals surface area contributed by atoms with Crippen molar-refractivity contribution in [1.82, 2.24) is 10.3 Å². The van der Waals surface area contributed by atoms with Crippen LogP contribution in [0.1, 0.15) is 29.9 Å². The SMILES string of the molecule is CC(C)(CNC(=O)c1ccc(CN)cn1)C(N)=O. The van der Waals surface area contributed by atoms with Crippen LogP contribution >= 0.6 is 0 Å². The highest BCUT2D eigenvalue weighted by Gasteiger charge is 2.25. The van der Waals surface area contributed by atoms with Gasteiger partial charge in [-0.25, -0.2) is 0 Å². The van der Waals surface area contributed by atoms with Gasteiger partial charge in [-0.1, -0.05) is 6.07 Å². The molecule has 1 heterocycles. The fourth-order valence-corrected chi connectivity index (χ4v) is 1.16. The molecule has 98 valence electrons. The number of aromatic nitrogens is 1. The topological polar surface area (TPSA) is 111 Å². The van der Waals surface area contributed by atoms with Gasteiger partial charge >= 0.3 is 0 Å². The summed E-state index contributed by atoms with van der Waals surface area (Å²) in [4.78, 5) is 26.8. The minimum absolute atomic E-state index is 0.168. The number of carbonyl (C=O) groups excluding carboxylic acids is 2. The third-order valence-electron chi connectivity index (χ3n) is 2.65. The van der Waals surface area contributed by atoms with Gasteiger partial charge in [-0.15, -0.1) is 0 Å². The van der Waals surface area contributed by atoms with Gasteiger partial charge in [-0.3, -0.25) is 14.6 Å². The lowest BCUT2D eigenvalue weighted by Gasteiger charge is -2.20. The second-order valence-electron chi connectivity index (χ2n) is 4.69. The van der Waals surface area contributed by atoms with E-state index in [0.29, 0.717) is 6.54 Å². The molecule has 0 aliphatic heterocycles. The number of nitrogens with two attached hydrogens (primary N) is 2. The lowest BCUT2D eigenvalue weighted by atomic mass is 9.93. The zero-order chi connectivity index (χ0) is 13.8. The van der Waals surface area contributed by atoms with Gasteiger partial charge < -0.3 is 16.8 Å². The van der Waals surface area contributed by atoms with Gasteiger partial charge in [-0.05, 0) is 25.5 Å². The number of carbonyl (C=O) groups is 2. The summed E-state index contributed by atoms with van der Waals surface area (Å²) in [5, 5.41) is 2.62. The van der Waals surface area contributed by atoms with Crippen LogP contribution in [-0.2, 0) is 11.3 Å². The van der Waals surface area contributed by atoms with Crippen LogP contribution in [0.3, 0.4) is 0 Å². The van der Waals surface area contributed by atoms with Crippen molar-refractivity contribution in [1.29, 1.82) is 0 Å². The fourth-order valence-electron chi connectivity index (χ4n) is 1.16. The Balaban J connectivity index is 2.63. The first-order valence-electron chi connectivity index (χ1n) is 5.60. The number of primary amides is 1. The molecular weight excluding hydrogens is 232 g/mol. The molecule has 0 aliphatic rings. The number of nitrogens with one attached hydrogen (secondary N) is 1. The van der Waals surface area contributed by atoms with Crippen LogP contribution in [0.25, 0.3) is 0 Å². The summed E-state index contributed by atoms with van der Waals surface area (Å²) in [6.45, 7) is 3.88. The second-order valence-corrected chi connectivity index (χ2v) is 4.69. The Bertz CT molecular complexity index is 440. The largest absolute Gasteiger partial charge is 0.369 e. The van der Waals surface area contributed by atoms with E-state index >= 15 is 0 Å². The Morgan fingerprint density at radius 1 is 1.39 bits per heavy atom. The predicted molar refractivity (Wildman–Crippen MR) is 67.4 cm³/mol. The zero-order valence-electron chi connectivity index (χ0n) is 10.6. The minimum Gasteiger partial charge on any atom is -0.369 e. The van der Waals surface area contributed by atoms with E-state index in [4.69, 9.17) is 11.5 Å². The Labute approximate surface area is 106 Å². The maximum Gasteiger partial charge on any atom is 0.269 e. The predicted octanol–water partition coefficient (Wildman–Crippen LogP) is -0.218. The van der Waals surface area contributed by atoms with Crippen LogP contribution in [0.2, 0.25) is 0 Å². The second kappa shape index (κ2) is 5.59. The van der Waals surface area contributed by atoms with E-state index in [-0.39, 0.29) is 18.1 Å². The molecule has 0 unspecified atom stereocenters. The third-order valence-corrected chi connectivity index (χ3v) is 2.65. The molecule has 1 aromatic heterocycles. The molecule has 1 aromatic rings. The number of rotatable bonds is 5. The van der Waals surface area contributed by atoms with Gasteiger partial charge in [-0.2, -0.15) is 0 Å². The minimum atomic E-state index is -0.785. The Morgan fingerprint density at radius 2 is 2.06 bits per heavy atom. The molecule has 0 atom stereocenters. The zero-order valence-corrected chi connectivity index (χ0v) is 10.6. The van der Waals surface area contributed by atoms with Crippen LogP contribution in [0.5, 0.6) is 0 Å². The highest BCUT2D eigenvalue weighted by Crippen LogP contribution is 2.12. The molecule has 5 N–H and O–H groups in total. The Kier molecular flexibility index (Phi) is 4.38. The van der Waals surface area contributed by atoms with Crippen LogP contribution in [-0.4, -0.2) is 23.3 Å². The van der Waals surface area contributed by atoms with E-state index in [0.717, 1.165) is 5.56 Å². The molecule has 0 spiro atoms. The normalized spacial score (nSPS) is 11.1. The molecule has 1 rings (SSSR count). The molecule has 6 heteroatoms. The van der Waals surface area contributed by atoms with Crippen LogP contribution in [0.4, 0.5) is 0 Å².